The number of aliphatic hydroxyl groups excluding tert-OH is 2. The second kappa shape index (κ2) is 10.8. The number of thioether (sulfide) groups is 1. The summed E-state index contributed by atoms with van der Waals surface area (Å²) in [7, 11) is 0. The van der Waals surface area contributed by atoms with Gasteiger partial charge >= 0.3 is 6.18 Å². The van der Waals surface area contributed by atoms with Crippen LogP contribution in [0.15, 0.2) is 34.7 Å². The van der Waals surface area contributed by atoms with Gasteiger partial charge in [0.25, 0.3) is 5.19 Å². The molecule has 16 heteroatoms. The van der Waals surface area contributed by atoms with Crippen LogP contribution in [0.2, 0.25) is 10.0 Å². The van der Waals surface area contributed by atoms with Gasteiger partial charge in [-0.25, -0.2) is 9.67 Å². The summed E-state index contributed by atoms with van der Waals surface area (Å²) in [5, 5.41) is 39.9. The molecule has 0 aliphatic carbocycles. The zero-order valence-electron chi connectivity index (χ0n) is 17.3. The van der Waals surface area contributed by atoms with Gasteiger partial charge in [0.1, 0.15) is 47.8 Å². The lowest BCUT2D eigenvalue weighted by Crippen LogP contribution is -2.56. The average molecular weight is 573 g/mol. The number of aliphatic hydroxyl groups is 2. The van der Waals surface area contributed by atoms with Crippen LogP contribution in [0, 0.1) is 0 Å². The fraction of sp³-hybridized carbons (Fsp3) is 0.421. The predicted octanol–water partition coefficient (Wildman–Crippen LogP) is 3.77. The molecule has 3 unspecified atom stereocenters. The molecule has 0 saturated carbocycles. The number of rotatable bonds is 7. The van der Waals surface area contributed by atoms with Crippen molar-refractivity contribution >= 4 is 46.3 Å². The molecule has 1 aliphatic rings. The Balaban J connectivity index is 1.70. The lowest BCUT2D eigenvalue weighted by atomic mass is 9.97. The first-order chi connectivity index (χ1) is 16.6. The highest BCUT2D eigenvalue weighted by molar-refractivity contribution is 7.99. The smallest absolute Gasteiger partial charge is 0.411 e. The summed E-state index contributed by atoms with van der Waals surface area (Å²) in [4.78, 5) is 4.40. The van der Waals surface area contributed by atoms with E-state index in [9.17, 15) is 28.5 Å². The van der Waals surface area contributed by atoms with Gasteiger partial charge in [-0.05, 0) is 18.2 Å². The summed E-state index contributed by atoms with van der Waals surface area (Å²) in [5.41, 5.74) is -0.617. The third-order valence-corrected chi connectivity index (χ3v) is 7.50. The van der Waals surface area contributed by atoms with Gasteiger partial charge in [0, 0.05) is 10.3 Å². The van der Waals surface area contributed by atoms with Crippen LogP contribution >= 0.6 is 46.3 Å². The Hall–Kier alpha value is -1.65. The Labute approximate surface area is 214 Å². The van der Waals surface area contributed by atoms with Gasteiger partial charge in [-0.3, -0.25) is 0 Å². The minimum absolute atomic E-state index is 0.203. The Morgan fingerprint density at radius 3 is 2.63 bits per heavy atom. The lowest BCUT2D eigenvalue weighted by molar-refractivity contribution is -0.233. The summed E-state index contributed by atoms with van der Waals surface area (Å²) in [6.07, 6.45) is -7.35. The van der Waals surface area contributed by atoms with Crippen LogP contribution < -0.4 is 0 Å². The number of hydrogen-bond acceptors (Lipinski definition) is 10. The number of aromatic hydroxyl groups is 1. The van der Waals surface area contributed by atoms with Crippen molar-refractivity contribution < 1.29 is 38.0 Å². The van der Waals surface area contributed by atoms with Crippen LogP contribution in [0.4, 0.5) is 13.2 Å². The highest BCUT2D eigenvalue weighted by Crippen LogP contribution is 2.41. The van der Waals surface area contributed by atoms with Gasteiger partial charge in [-0.1, -0.05) is 51.5 Å². The zero-order valence-corrected chi connectivity index (χ0v) is 20.5. The van der Waals surface area contributed by atoms with Crippen LogP contribution in [-0.4, -0.2) is 78.4 Å². The normalized spacial score (nSPS) is 25.2. The Bertz CT molecular complexity index is 1170. The fourth-order valence-corrected chi connectivity index (χ4v) is 5.51. The predicted molar refractivity (Wildman–Crippen MR) is 122 cm³/mol. The minimum atomic E-state index is -4.66. The summed E-state index contributed by atoms with van der Waals surface area (Å²) >= 11 is 14.0. The molecule has 1 aromatic carbocycles. The second-order valence-corrected chi connectivity index (χ2v) is 10.2. The largest absolute Gasteiger partial charge is 0.486 e. The van der Waals surface area contributed by atoms with Crippen molar-refractivity contribution in [3.05, 3.63) is 39.8 Å². The molecule has 0 bridgehead atoms. The van der Waals surface area contributed by atoms with Gasteiger partial charge in [0.15, 0.2) is 0 Å². The monoisotopic (exact) mass is 572 g/mol. The number of thiazole rings is 1. The van der Waals surface area contributed by atoms with Gasteiger partial charge in [-0.2, -0.15) is 13.2 Å². The van der Waals surface area contributed by atoms with Crippen LogP contribution in [0.5, 0.6) is 5.19 Å². The third-order valence-electron chi connectivity index (χ3n) is 4.98. The molecule has 0 amide bonds. The Morgan fingerprint density at radius 2 is 2.00 bits per heavy atom. The number of halogens is 5. The van der Waals surface area contributed by atoms with E-state index in [2.05, 4.69) is 15.3 Å². The van der Waals surface area contributed by atoms with Gasteiger partial charge in [-0.15, -0.1) is 5.10 Å². The van der Waals surface area contributed by atoms with Gasteiger partial charge < -0.3 is 24.8 Å². The van der Waals surface area contributed by atoms with Gasteiger partial charge in [0.05, 0.1) is 22.8 Å². The molecule has 4 rings (SSSR count). The van der Waals surface area contributed by atoms with Crippen molar-refractivity contribution in [3.8, 4) is 16.6 Å². The number of ether oxygens (including phenoxy) is 2. The molecule has 0 spiro atoms. The SMILES string of the molecule is OCC1O[C@H](Sc2ccc(Cl)c(Cl)c2)C(OCC(F)(F)F)C(n2cc(-c3csc(O)n3)nn2)[C@H]1O. The van der Waals surface area contributed by atoms with Crippen LogP contribution in [0.25, 0.3) is 11.4 Å². The van der Waals surface area contributed by atoms with Crippen molar-refractivity contribution in [3.63, 3.8) is 0 Å². The highest BCUT2D eigenvalue weighted by Gasteiger charge is 2.49. The summed E-state index contributed by atoms with van der Waals surface area (Å²) in [6.45, 7) is -2.24. The maximum Gasteiger partial charge on any atom is 0.411 e. The standard InChI is InChI=1S/C19H17Cl2F3N4O5S2/c20-9-2-1-8(3-10(9)21)35-17-16(32-7-19(22,23)24)14(15(30)13(5-29)33-17)28-4-11(26-27-28)12-6-34-18(31)25-12/h1-4,6,13-17,29-30H,5,7H2,(H,25,31)/t13?,14?,15-,16?,17+/m0/s1. The van der Waals surface area contributed by atoms with Crippen molar-refractivity contribution in [2.45, 2.75) is 40.9 Å². The molecule has 2 aromatic heterocycles. The first kappa shape index (κ1) is 26.4. The molecular weight excluding hydrogens is 556 g/mol. The van der Waals surface area contributed by atoms with E-state index in [4.69, 9.17) is 32.7 Å². The van der Waals surface area contributed by atoms with E-state index in [0.29, 0.717) is 4.90 Å². The van der Waals surface area contributed by atoms with Crippen LogP contribution in [-0.2, 0) is 9.47 Å². The van der Waals surface area contributed by atoms with Gasteiger partial charge in [0.2, 0.25) is 0 Å². The van der Waals surface area contributed by atoms with E-state index >= 15 is 0 Å². The third kappa shape index (κ3) is 6.20. The maximum atomic E-state index is 13.1. The van der Waals surface area contributed by atoms with E-state index in [1.54, 1.807) is 6.07 Å². The van der Waals surface area contributed by atoms with E-state index in [1.165, 1.54) is 23.7 Å². The van der Waals surface area contributed by atoms with Crippen molar-refractivity contribution in [2.24, 2.45) is 0 Å². The second-order valence-electron chi connectivity index (χ2n) is 7.39. The number of aromatic nitrogens is 4. The molecule has 1 fully saturated rings. The highest BCUT2D eigenvalue weighted by atomic mass is 35.5. The molecule has 5 atom stereocenters. The quantitative estimate of drug-likeness (QED) is 0.388. The minimum Gasteiger partial charge on any atom is -0.486 e. The van der Waals surface area contributed by atoms with Crippen LogP contribution in [0.1, 0.15) is 6.04 Å². The van der Waals surface area contributed by atoms with E-state index in [1.807, 2.05) is 0 Å². The van der Waals surface area contributed by atoms with Crippen molar-refractivity contribution in [1.29, 1.82) is 0 Å². The first-order valence-electron chi connectivity index (χ1n) is 9.87. The average Bonchev–Trinajstić information content (AvgIpc) is 3.44. The molecule has 3 N–H and O–H groups in total. The fourth-order valence-electron chi connectivity index (χ4n) is 3.43. The molecule has 1 aliphatic heterocycles. The summed E-state index contributed by atoms with van der Waals surface area (Å²) in [5.74, 6) is 0. The van der Waals surface area contributed by atoms with Crippen molar-refractivity contribution in [1.82, 2.24) is 20.0 Å². The Morgan fingerprint density at radius 1 is 1.23 bits per heavy atom. The topological polar surface area (TPSA) is 123 Å². The molecule has 1 saturated heterocycles. The first-order valence-corrected chi connectivity index (χ1v) is 12.4. The van der Waals surface area contributed by atoms with Crippen molar-refractivity contribution in [2.75, 3.05) is 13.2 Å². The summed E-state index contributed by atoms with van der Waals surface area (Å²) in [6, 6.07) is 3.40. The van der Waals surface area contributed by atoms with E-state index in [-0.39, 0.29) is 26.6 Å². The van der Waals surface area contributed by atoms with E-state index in [0.717, 1.165) is 27.8 Å². The Kier molecular flexibility index (Phi) is 8.12. The molecule has 3 heterocycles. The van der Waals surface area contributed by atoms with Crippen LogP contribution in [0.3, 0.4) is 0 Å². The molecule has 190 valence electrons. The molecule has 0 radical (unpaired) electrons. The number of benzene rings is 1. The zero-order chi connectivity index (χ0) is 25.3. The number of hydrogen-bond donors (Lipinski definition) is 3. The molecular formula is C19H17Cl2F3N4O5S2. The molecule has 3 aromatic rings. The summed E-state index contributed by atoms with van der Waals surface area (Å²) < 4.78 is 51.4. The molecule has 35 heavy (non-hydrogen) atoms. The molecule has 9 nitrogen and oxygen atoms in total. The maximum absolute atomic E-state index is 13.1. The lowest BCUT2D eigenvalue weighted by Gasteiger charge is -2.43. The number of alkyl halides is 3. The van der Waals surface area contributed by atoms with E-state index < -0.39 is 49.2 Å². The number of nitrogens with zero attached hydrogens (tertiary/aromatic N) is 4.